The van der Waals surface area contributed by atoms with E-state index < -0.39 is 11.2 Å². The highest BCUT2D eigenvalue weighted by Crippen LogP contribution is 2.32. The molecule has 0 aromatic heterocycles. The lowest BCUT2D eigenvalue weighted by Crippen LogP contribution is -2.34. The van der Waals surface area contributed by atoms with Crippen LogP contribution in [0.2, 0.25) is 0 Å². The topological polar surface area (TPSA) is 85.0 Å². The summed E-state index contributed by atoms with van der Waals surface area (Å²) in [5.74, 6) is 0.212. The molecule has 142 valence electrons. The number of unbranched alkanes of at least 4 members (excludes halogenated alkanes) is 4. The second kappa shape index (κ2) is 10.2. The third-order valence-corrected chi connectivity index (χ3v) is 5.36. The zero-order chi connectivity index (χ0) is 18.9. The highest BCUT2D eigenvalue weighted by Gasteiger charge is 2.38. The Morgan fingerprint density at radius 1 is 1.23 bits per heavy atom. The fourth-order valence-corrected chi connectivity index (χ4v) is 3.95. The molecule has 26 heavy (non-hydrogen) atoms. The number of carbonyl (C=O) groups excluding carboxylic acids is 2. The van der Waals surface area contributed by atoms with Gasteiger partial charge in [-0.15, -0.1) is 0 Å². The first kappa shape index (κ1) is 20.3. The van der Waals surface area contributed by atoms with Gasteiger partial charge in [-0.25, -0.2) is 4.99 Å². The Kier molecular flexibility index (Phi) is 7.97. The van der Waals surface area contributed by atoms with Gasteiger partial charge in [0, 0.05) is 13.0 Å². The molecule has 1 aromatic carbocycles. The number of benzene rings is 1. The number of hydrogen-bond donors (Lipinski definition) is 1. The maximum atomic E-state index is 12.7. The summed E-state index contributed by atoms with van der Waals surface area (Å²) in [5.41, 5.74) is 6.04. The van der Waals surface area contributed by atoms with Gasteiger partial charge in [0.15, 0.2) is 5.17 Å². The van der Waals surface area contributed by atoms with E-state index in [1.54, 1.807) is 12.0 Å². The van der Waals surface area contributed by atoms with Crippen molar-refractivity contribution in [2.45, 2.75) is 50.7 Å². The van der Waals surface area contributed by atoms with Gasteiger partial charge in [-0.1, -0.05) is 44.4 Å². The maximum Gasteiger partial charge on any atom is 0.242 e. The van der Waals surface area contributed by atoms with E-state index in [0.29, 0.717) is 11.7 Å². The summed E-state index contributed by atoms with van der Waals surface area (Å²) in [4.78, 5) is 30.2. The Morgan fingerprint density at radius 2 is 1.92 bits per heavy atom. The third kappa shape index (κ3) is 5.76. The van der Waals surface area contributed by atoms with Gasteiger partial charge in [0.05, 0.1) is 12.8 Å². The number of carbonyl (C=O) groups is 2. The van der Waals surface area contributed by atoms with Gasteiger partial charge in [0.25, 0.3) is 0 Å². The third-order valence-electron chi connectivity index (χ3n) is 4.19. The van der Waals surface area contributed by atoms with Crippen LogP contribution < -0.4 is 10.5 Å². The molecule has 0 bridgehead atoms. The number of hydrogen-bond acceptors (Lipinski definition) is 5. The van der Waals surface area contributed by atoms with Crippen LogP contribution in [0.15, 0.2) is 29.3 Å². The van der Waals surface area contributed by atoms with Crippen molar-refractivity contribution in [1.29, 1.82) is 0 Å². The summed E-state index contributed by atoms with van der Waals surface area (Å²) in [6, 6.07) is 7.35. The first-order valence-corrected chi connectivity index (χ1v) is 9.92. The summed E-state index contributed by atoms with van der Waals surface area (Å²) in [5, 5.41) is 0.169. The van der Waals surface area contributed by atoms with Crippen LogP contribution in [0, 0.1) is 0 Å². The van der Waals surface area contributed by atoms with Crippen LogP contribution in [0.1, 0.15) is 45.4 Å². The van der Waals surface area contributed by atoms with Crippen LogP contribution >= 0.6 is 11.8 Å². The molecule has 0 radical (unpaired) electrons. The van der Waals surface area contributed by atoms with Crippen molar-refractivity contribution in [3.05, 3.63) is 24.3 Å². The van der Waals surface area contributed by atoms with Crippen LogP contribution in [0.4, 0.5) is 5.69 Å². The minimum absolute atomic E-state index is 0.0392. The Morgan fingerprint density at radius 3 is 2.54 bits per heavy atom. The molecule has 1 aromatic rings. The van der Waals surface area contributed by atoms with E-state index in [2.05, 4.69) is 11.9 Å². The van der Waals surface area contributed by atoms with Crippen LogP contribution in [0.5, 0.6) is 5.75 Å². The van der Waals surface area contributed by atoms with Gasteiger partial charge in [0.2, 0.25) is 11.8 Å². The van der Waals surface area contributed by atoms with Crippen molar-refractivity contribution in [2.75, 3.05) is 13.7 Å². The smallest absolute Gasteiger partial charge is 0.242 e. The van der Waals surface area contributed by atoms with Crippen molar-refractivity contribution in [2.24, 2.45) is 10.7 Å². The molecule has 2 rings (SSSR count). The summed E-state index contributed by atoms with van der Waals surface area (Å²) in [6.45, 7) is 2.80. The molecule has 1 heterocycles. The van der Waals surface area contributed by atoms with Crippen molar-refractivity contribution in [3.8, 4) is 5.75 Å². The van der Waals surface area contributed by atoms with Gasteiger partial charge in [0.1, 0.15) is 11.0 Å². The van der Waals surface area contributed by atoms with E-state index in [9.17, 15) is 9.59 Å². The predicted octanol–water partition coefficient (Wildman–Crippen LogP) is 3.47. The zero-order valence-electron chi connectivity index (χ0n) is 15.4. The van der Waals surface area contributed by atoms with E-state index >= 15 is 0 Å². The van der Waals surface area contributed by atoms with E-state index in [4.69, 9.17) is 10.5 Å². The van der Waals surface area contributed by atoms with E-state index in [1.807, 2.05) is 24.3 Å². The molecule has 6 nitrogen and oxygen atoms in total. The normalized spacial score (nSPS) is 18.5. The van der Waals surface area contributed by atoms with Gasteiger partial charge < -0.3 is 10.5 Å². The number of aliphatic imine (C=N–C) groups is 1. The van der Waals surface area contributed by atoms with Gasteiger partial charge in [-0.05, 0) is 30.7 Å². The predicted molar refractivity (Wildman–Crippen MR) is 106 cm³/mol. The minimum Gasteiger partial charge on any atom is -0.497 e. The van der Waals surface area contributed by atoms with E-state index in [-0.39, 0.29) is 12.3 Å². The van der Waals surface area contributed by atoms with Gasteiger partial charge >= 0.3 is 0 Å². The number of primary amides is 1. The van der Waals surface area contributed by atoms with E-state index in [1.165, 1.54) is 31.0 Å². The van der Waals surface area contributed by atoms with E-state index in [0.717, 1.165) is 24.3 Å². The molecule has 0 aliphatic carbocycles. The molecule has 1 saturated heterocycles. The maximum absolute atomic E-state index is 12.7. The number of ether oxygens (including phenoxy) is 1. The Hall–Kier alpha value is -2.02. The lowest BCUT2D eigenvalue weighted by atomic mass is 10.1. The summed E-state index contributed by atoms with van der Waals surface area (Å²) in [7, 11) is 1.61. The lowest BCUT2D eigenvalue weighted by molar-refractivity contribution is -0.128. The first-order chi connectivity index (χ1) is 12.5. The standard InChI is InChI=1S/C19H27N3O3S/c1-3-4-5-6-7-12-22-18(24)16(13-17(20)23)26-19(22)21-14-8-10-15(25-2)11-9-14/h8-11,16H,3-7,12-13H2,1-2H3,(H2,20,23). The second-order valence-corrected chi connectivity index (χ2v) is 7.44. The molecule has 1 aliphatic rings. The van der Waals surface area contributed by atoms with Crippen molar-refractivity contribution >= 4 is 34.4 Å². The Labute approximate surface area is 159 Å². The summed E-state index contributed by atoms with van der Waals surface area (Å²) >= 11 is 1.32. The Balaban J connectivity index is 2.11. The molecule has 1 atom stereocenters. The average Bonchev–Trinajstić information content (AvgIpc) is 2.90. The highest BCUT2D eigenvalue weighted by molar-refractivity contribution is 8.15. The van der Waals surface area contributed by atoms with Crippen LogP contribution in [-0.4, -0.2) is 40.8 Å². The molecular weight excluding hydrogens is 350 g/mol. The first-order valence-electron chi connectivity index (χ1n) is 9.04. The van der Waals surface area contributed by atoms with Gasteiger partial charge in [-0.2, -0.15) is 0 Å². The lowest BCUT2D eigenvalue weighted by Gasteiger charge is -2.16. The van der Waals surface area contributed by atoms with Crippen molar-refractivity contribution in [3.63, 3.8) is 0 Å². The molecule has 7 heteroatoms. The highest BCUT2D eigenvalue weighted by atomic mass is 32.2. The number of nitrogens with zero attached hydrogens (tertiary/aromatic N) is 2. The molecule has 1 unspecified atom stereocenters. The molecule has 1 aliphatic heterocycles. The molecule has 0 saturated carbocycles. The SMILES string of the molecule is CCCCCCCN1C(=O)C(CC(N)=O)SC1=Nc1ccc(OC)cc1. The molecular formula is C19H27N3O3S. The molecule has 2 amide bonds. The molecule has 0 spiro atoms. The zero-order valence-corrected chi connectivity index (χ0v) is 16.3. The van der Waals surface area contributed by atoms with Crippen LogP contribution in [-0.2, 0) is 9.59 Å². The number of amides is 2. The number of rotatable bonds is 10. The summed E-state index contributed by atoms with van der Waals surface area (Å²) in [6.07, 6.45) is 5.61. The fourth-order valence-electron chi connectivity index (χ4n) is 2.75. The number of amidine groups is 1. The van der Waals surface area contributed by atoms with Crippen LogP contribution in [0.25, 0.3) is 0 Å². The van der Waals surface area contributed by atoms with Crippen molar-refractivity contribution < 1.29 is 14.3 Å². The fraction of sp³-hybridized carbons (Fsp3) is 0.526. The molecule has 1 fully saturated rings. The average molecular weight is 378 g/mol. The largest absolute Gasteiger partial charge is 0.497 e. The summed E-state index contributed by atoms with van der Waals surface area (Å²) < 4.78 is 5.15. The number of thioether (sulfide) groups is 1. The number of methoxy groups -OCH3 is 1. The minimum atomic E-state index is -0.472. The number of nitrogens with two attached hydrogens (primary N) is 1. The molecule has 2 N–H and O–H groups in total. The van der Waals surface area contributed by atoms with Gasteiger partial charge in [-0.3, -0.25) is 14.5 Å². The monoisotopic (exact) mass is 377 g/mol. The second-order valence-electron chi connectivity index (χ2n) is 6.27. The Bertz CT molecular complexity index is 646. The van der Waals surface area contributed by atoms with Crippen molar-refractivity contribution in [1.82, 2.24) is 4.90 Å². The van der Waals surface area contributed by atoms with Crippen LogP contribution in [0.3, 0.4) is 0 Å². The quantitative estimate of drug-likeness (QED) is 0.633.